The van der Waals surface area contributed by atoms with Crippen LogP contribution < -0.4 is 11.5 Å². The van der Waals surface area contributed by atoms with Gasteiger partial charge in [0.25, 0.3) is 5.69 Å². The van der Waals surface area contributed by atoms with Crippen LogP contribution in [0.1, 0.15) is 0 Å². The summed E-state index contributed by atoms with van der Waals surface area (Å²) in [6.07, 6.45) is 0. The minimum absolute atomic E-state index is 0. The first-order chi connectivity index (χ1) is 11.1. The number of nitrogen functional groups attached to an aromatic ring is 2. The number of rotatable bonds is 3. The molecule has 0 aromatic heterocycles. The van der Waals surface area contributed by atoms with Crippen LogP contribution in [-0.4, -0.2) is 52.0 Å². The van der Waals surface area contributed by atoms with Gasteiger partial charge in [-0.25, -0.2) is 0 Å². The van der Waals surface area contributed by atoms with Gasteiger partial charge in [0.1, 0.15) is 5.69 Å². The fraction of sp³-hybridized carbons (Fsp3) is 0. The zero-order chi connectivity index (χ0) is 18.3. The summed E-state index contributed by atoms with van der Waals surface area (Å²) in [5.74, 6) is 0. The molecule has 25 heavy (non-hydrogen) atoms. The van der Waals surface area contributed by atoms with E-state index in [0.29, 0.717) is 22.7 Å². The van der Waals surface area contributed by atoms with Crippen LogP contribution in [0.25, 0.3) is 0 Å². The Labute approximate surface area is 164 Å². The van der Waals surface area contributed by atoms with Crippen LogP contribution in [0.4, 0.5) is 28.4 Å². The number of nitro groups is 1. The van der Waals surface area contributed by atoms with E-state index < -0.39 is 15.3 Å². The van der Waals surface area contributed by atoms with Crippen molar-refractivity contribution in [2.75, 3.05) is 11.5 Å². The summed E-state index contributed by atoms with van der Waals surface area (Å²) in [5.41, 5.74) is 13.3. The standard InChI is InChI=1S/C12H11N5O2.Na.H2O4S.H/c13-8-1-6-12(11(14)7-8)16-15-9-2-4-10(5-3-9)17(18)19;;1-5(2,3)4;/h1-7H,13-14H2;;(H2,1,2,3,4);/b16-15+;;;. The molecule has 0 aliphatic carbocycles. The summed E-state index contributed by atoms with van der Waals surface area (Å²) >= 11 is 0. The van der Waals surface area contributed by atoms with E-state index in [-0.39, 0.29) is 35.2 Å². The second-order valence-corrected chi connectivity index (χ2v) is 5.14. The van der Waals surface area contributed by atoms with E-state index in [9.17, 15) is 10.1 Å². The summed E-state index contributed by atoms with van der Waals surface area (Å²) in [4.78, 5) is 10.0. The number of nitro benzene ring substituents is 1. The number of benzene rings is 2. The van der Waals surface area contributed by atoms with Crippen LogP contribution in [0.5, 0.6) is 0 Å². The molecule has 0 bridgehead atoms. The van der Waals surface area contributed by atoms with Crippen LogP contribution in [0.2, 0.25) is 0 Å². The van der Waals surface area contributed by atoms with Gasteiger partial charge in [-0.2, -0.15) is 13.5 Å². The molecule has 0 unspecified atom stereocenters. The van der Waals surface area contributed by atoms with Crippen molar-refractivity contribution in [2.24, 2.45) is 10.2 Å². The molecule has 0 radical (unpaired) electrons. The first kappa shape index (κ1) is 22.9. The maximum atomic E-state index is 10.5. The van der Waals surface area contributed by atoms with E-state index in [1.165, 1.54) is 24.3 Å². The number of hydrogen-bond acceptors (Lipinski definition) is 8. The molecule has 0 fully saturated rings. The van der Waals surface area contributed by atoms with Crippen molar-refractivity contribution < 1.29 is 22.4 Å². The number of nitrogens with two attached hydrogens (primary N) is 2. The Morgan fingerprint density at radius 3 is 1.96 bits per heavy atom. The second-order valence-electron chi connectivity index (χ2n) is 4.24. The number of nitrogens with zero attached hydrogens (tertiary/aromatic N) is 3. The van der Waals surface area contributed by atoms with Crippen LogP contribution in [0.3, 0.4) is 0 Å². The van der Waals surface area contributed by atoms with Gasteiger partial charge in [0.2, 0.25) is 0 Å². The van der Waals surface area contributed by atoms with Crippen molar-refractivity contribution in [1.82, 2.24) is 0 Å². The van der Waals surface area contributed by atoms with Gasteiger partial charge in [-0.3, -0.25) is 19.2 Å². The first-order valence-electron chi connectivity index (χ1n) is 6.07. The predicted octanol–water partition coefficient (Wildman–Crippen LogP) is 1.87. The molecular weight excluding hydrogens is 365 g/mol. The first-order valence-corrected chi connectivity index (χ1v) is 7.47. The van der Waals surface area contributed by atoms with Crippen LogP contribution >= 0.6 is 0 Å². The average molecular weight is 379 g/mol. The van der Waals surface area contributed by atoms with Gasteiger partial charge in [0.15, 0.2) is 0 Å². The van der Waals surface area contributed by atoms with E-state index in [0.717, 1.165) is 0 Å². The third kappa shape index (κ3) is 9.71. The third-order valence-corrected chi connectivity index (χ3v) is 2.39. The third-order valence-electron chi connectivity index (χ3n) is 2.39. The Balaban J connectivity index is 0.000000848. The normalized spacial score (nSPS) is 10.5. The van der Waals surface area contributed by atoms with Gasteiger partial charge in [-0.05, 0) is 30.3 Å². The van der Waals surface area contributed by atoms with Gasteiger partial charge >= 0.3 is 40.0 Å². The minimum atomic E-state index is -4.67. The summed E-state index contributed by atoms with van der Waals surface area (Å²) in [7, 11) is -4.67. The van der Waals surface area contributed by atoms with Gasteiger partial charge < -0.3 is 11.5 Å². The van der Waals surface area contributed by atoms with E-state index in [1.54, 1.807) is 18.2 Å². The molecule has 0 atom stereocenters. The van der Waals surface area contributed by atoms with Gasteiger partial charge in [0, 0.05) is 17.8 Å². The molecule has 2 aromatic carbocycles. The van der Waals surface area contributed by atoms with E-state index >= 15 is 0 Å². The van der Waals surface area contributed by atoms with Crippen molar-refractivity contribution in [2.45, 2.75) is 0 Å². The molecule has 0 saturated carbocycles. The Hall–Kier alpha value is -2.09. The monoisotopic (exact) mass is 379 g/mol. The number of azo groups is 1. The zero-order valence-corrected chi connectivity index (χ0v) is 12.8. The van der Waals surface area contributed by atoms with Crippen molar-refractivity contribution in [3.63, 3.8) is 0 Å². The van der Waals surface area contributed by atoms with Crippen molar-refractivity contribution in [3.8, 4) is 0 Å². The quantitative estimate of drug-likeness (QED) is 0.155. The molecule has 2 rings (SSSR count). The molecule has 0 amide bonds. The molecular formula is C12H14N5NaO6S. The van der Waals surface area contributed by atoms with E-state index in [2.05, 4.69) is 10.2 Å². The van der Waals surface area contributed by atoms with Gasteiger partial charge in [0.05, 0.1) is 16.3 Å². The number of hydrogen-bond donors (Lipinski definition) is 4. The van der Waals surface area contributed by atoms with Crippen LogP contribution in [-0.2, 0) is 10.4 Å². The van der Waals surface area contributed by atoms with Crippen LogP contribution in [0.15, 0.2) is 52.7 Å². The molecule has 11 nitrogen and oxygen atoms in total. The summed E-state index contributed by atoms with van der Waals surface area (Å²) in [5, 5.41) is 18.4. The molecule has 0 aliphatic heterocycles. The van der Waals surface area contributed by atoms with Gasteiger partial charge in [-0.1, -0.05) is 0 Å². The Kier molecular flexibility index (Phi) is 9.19. The fourth-order valence-electron chi connectivity index (χ4n) is 1.42. The molecule has 2 aromatic rings. The van der Waals surface area contributed by atoms with Crippen molar-refractivity contribution in [1.29, 1.82) is 0 Å². The maximum absolute atomic E-state index is 10.5. The topological polar surface area (TPSA) is 194 Å². The van der Waals surface area contributed by atoms with Crippen LogP contribution in [0, 0.1) is 10.1 Å². The summed E-state index contributed by atoms with van der Waals surface area (Å²) in [6.45, 7) is 0. The molecule has 0 heterocycles. The Morgan fingerprint density at radius 1 is 1.00 bits per heavy atom. The predicted molar refractivity (Wildman–Crippen MR) is 93.9 cm³/mol. The summed E-state index contributed by atoms with van der Waals surface area (Å²) in [6, 6.07) is 10.6. The average Bonchev–Trinajstić information content (AvgIpc) is 2.45. The van der Waals surface area contributed by atoms with Gasteiger partial charge in [-0.15, -0.1) is 5.11 Å². The van der Waals surface area contributed by atoms with Crippen molar-refractivity contribution >= 4 is 68.4 Å². The Morgan fingerprint density at radius 2 is 1.52 bits per heavy atom. The molecule has 13 heteroatoms. The molecule has 0 saturated heterocycles. The Bertz CT molecular complexity index is 849. The zero-order valence-electron chi connectivity index (χ0n) is 12.0. The van der Waals surface area contributed by atoms with E-state index in [4.69, 9.17) is 29.0 Å². The molecule has 0 aliphatic rings. The van der Waals surface area contributed by atoms with Crippen molar-refractivity contribution in [3.05, 3.63) is 52.6 Å². The van der Waals surface area contributed by atoms with E-state index in [1.807, 2.05) is 0 Å². The number of anilines is 2. The second kappa shape index (κ2) is 10.0. The molecule has 6 N–H and O–H groups in total. The fourth-order valence-corrected chi connectivity index (χ4v) is 1.42. The summed E-state index contributed by atoms with van der Waals surface area (Å²) < 4.78 is 31.6. The number of non-ortho nitro benzene ring substituents is 1. The SMILES string of the molecule is Nc1ccc(/N=N/c2ccc([N+](=O)[O-])cc2)c(N)c1.O=S(=O)(O)O.[NaH]. The molecule has 130 valence electrons. The molecule has 0 spiro atoms.